The van der Waals surface area contributed by atoms with Gasteiger partial charge in [0.15, 0.2) is 0 Å². The number of benzene rings is 2. The van der Waals surface area contributed by atoms with E-state index in [-0.39, 0.29) is 11.9 Å². The number of hydrogen-bond acceptors (Lipinski definition) is 4. The van der Waals surface area contributed by atoms with Gasteiger partial charge in [0.1, 0.15) is 0 Å². The van der Waals surface area contributed by atoms with Crippen molar-refractivity contribution < 1.29 is 9.32 Å². The van der Waals surface area contributed by atoms with Crippen LogP contribution in [0, 0.1) is 0 Å². The van der Waals surface area contributed by atoms with Gasteiger partial charge < -0.3 is 14.7 Å². The van der Waals surface area contributed by atoms with Crippen LogP contribution >= 0.6 is 0 Å². The van der Waals surface area contributed by atoms with Crippen molar-refractivity contribution in [2.24, 2.45) is 0 Å². The van der Waals surface area contributed by atoms with E-state index in [9.17, 15) is 4.79 Å². The zero-order chi connectivity index (χ0) is 17.8. The van der Waals surface area contributed by atoms with E-state index in [4.69, 9.17) is 4.52 Å². The molecule has 3 aromatic rings. The number of urea groups is 1. The minimum atomic E-state index is -0.0647. The van der Waals surface area contributed by atoms with Crippen molar-refractivity contribution in [3.63, 3.8) is 0 Å². The first-order valence-electron chi connectivity index (χ1n) is 8.79. The third-order valence-electron chi connectivity index (χ3n) is 4.63. The van der Waals surface area contributed by atoms with Crippen LogP contribution in [0.25, 0.3) is 11.4 Å². The zero-order valence-electron chi connectivity index (χ0n) is 14.3. The van der Waals surface area contributed by atoms with Crippen molar-refractivity contribution in [1.82, 2.24) is 15.0 Å². The van der Waals surface area contributed by atoms with Crippen LogP contribution < -0.4 is 5.32 Å². The van der Waals surface area contributed by atoms with E-state index in [1.54, 1.807) is 0 Å². The van der Waals surface area contributed by atoms with Gasteiger partial charge in [0, 0.05) is 30.3 Å². The molecule has 0 aliphatic carbocycles. The Morgan fingerprint density at radius 3 is 2.35 bits per heavy atom. The first-order chi connectivity index (χ1) is 12.8. The summed E-state index contributed by atoms with van der Waals surface area (Å²) in [7, 11) is 0. The highest BCUT2D eigenvalue weighted by atomic mass is 16.5. The number of likely N-dealkylation sites (tertiary alicyclic amines) is 1. The third-order valence-corrected chi connectivity index (χ3v) is 4.63. The van der Waals surface area contributed by atoms with Gasteiger partial charge in [0.05, 0.1) is 0 Å². The van der Waals surface area contributed by atoms with Crippen LogP contribution in [0.3, 0.4) is 0 Å². The number of carbonyl (C=O) groups excluding carboxylic acids is 1. The Hall–Kier alpha value is -3.15. The lowest BCUT2D eigenvalue weighted by atomic mass is 9.97. The maximum absolute atomic E-state index is 12.4. The van der Waals surface area contributed by atoms with E-state index in [2.05, 4.69) is 15.5 Å². The first kappa shape index (κ1) is 16.3. The monoisotopic (exact) mass is 348 g/mol. The summed E-state index contributed by atoms with van der Waals surface area (Å²) in [5, 5.41) is 7.02. The van der Waals surface area contributed by atoms with Crippen LogP contribution in [-0.2, 0) is 0 Å². The predicted molar refractivity (Wildman–Crippen MR) is 98.7 cm³/mol. The molecule has 1 fully saturated rings. The van der Waals surface area contributed by atoms with E-state index in [1.165, 1.54) is 0 Å². The number of carbonyl (C=O) groups is 1. The molecule has 0 spiro atoms. The lowest BCUT2D eigenvalue weighted by Crippen LogP contribution is -2.40. The molecule has 0 atom stereocenters. The van der Waals surface area contributed by atoms with Crippen molar-refractivity contribution in [2.75, 3.05) is 18.4 Å². The number of piperidine rings is 1. The number of anilines is 1. The Morgan fingerprint density at radius 2 is 1.65 bits per heavy atom. The minimum absolute atomic E-state index is 0.0647. The van der Waals surface area contributed by atoms with Gasteiger partial charge in [-0.05, 0) is 25.0 Å². The molecule has 1 saturated heterocycles. The SMILES string of the molecule is O=C(Nc1ccccc1)N1CCC(c2nc(-c3ccccc3)no2)CC1. The molecule has 2 heterocycles. The maximum Gasteiger partial charge on any atom is 0.321 e. The van der Waals surface area contributed by atoms with E-state index in [1.807, 2.05) is 65.6 Å². The van der Waals surface area contributed by atoms with Crippen molar-refractivity contribution in [3.05, 3.63) is 66.6 Å². The van der Waals surface area contributed by atoms with Crippen LogP contribution in [0.1, 0.15) is 24.7 Å². The van der Waals surface area contributed by atoms with Crippen molar-refractivity contribution in [3.8, 4) is 11.4 Å². The van der Waals surface area contributed by atoms with Crippen molar-refractivity contribution in [2.45, 2.75) is 18.8 Å². The largest absolute Gasteiger partial charge is 0.339 e. The molecule has 6 nitrogen and oxygen atoms in total. The van der Waals surface area contributed by atoms with Crippen LogP contribution in [0.2, 0.25) is 0 Å². The number of nitrogens with zero attached hydrogens (tertiary/aromatic N) is 3. The summed E-state index contributed by atoms with van der Waals surface area (Å²) in [5.41, 5.74) is 1.76. The summed E-state index contributed by atoms with van der Waals surface area (Å²) in [6.45, 7) is 1.35. The lowest BCUT2D eigenvalue weighted by molar-refractivity contribution is 0.187. The normalized spacial score (nSPS) is 15.0. The molecule has 26 heavy (non-hydrogen) atoms. The fourth-order valence-corrected chi connectivity index (χ4v) is 3.16. The molecule has 1 aliphatic heterocycles. The first-order valence-corrected chi connectivity index (χ1v) is 8.79. The molecule has 132 valence electrons. The van der Waals surface area contributed by atoms with Crippen molar-refractivity contribution >= 4 is 11.7 Å². The minimum Gasteiger partial charge on any atom is -0.339 e. The van der Waals surface area contributed by atoms with Crippen LogP contribution in [0.4, 0.5) is 10.5 Å². The van der Waals surface area contributed by atoms with Gasteiger partial charge >= 0.3 is 6.03 Å². The molecule has 2 amide bonds. The molecule has 1 N–H and O–H groups in total. The second kappa shape index (κ2) is 7.39. The molecule has 2 aromatic carbocycles. The number of hydrogen-bond donors (Lipinski definition) is 1. The summed E-state index contributed by atoms with van der Waals surface area (Å²) >= 11 is 0. The highest BCUT2D eigenvalue weighted by molar-refractivity contribution is 5.89. The molecule has 1 aliphatic rings. The quantitative estimate of drug-likeness (QED) is 0.772. The Morgan fingerprint density at radius 1 is 1.00 bits per heavy atom. The maximum atomic E-state index is 12.4. The van der Waals surface area contributed by atoms with Gasteiger partial charge in [-0.15, -0.1) is 0 Å². The van der Waals surface area contributed by atoms with E-state index in [0.717, 1.165) is 24.1 Å². The van der Waals surface area contributed by atoms with Gasteiger partial charge in [-0.1, -0.05) is 53.7 Å². The summed E-state index contributed by atoms with van der Waals surface area (Å²) < 4.78 is 5.47. The Balaban J connectivity index is 1.35. The lowest BCUT2D eigenvalue weighted by Gasteiger charge is -2.30. The number of amides is 2. The smallest absolute Gasteiger partial charge is 0.321 e. The van der Waals surface area contributed by atoms with Gasteiger partial charge in [-0.25, -0.2) is 4.79 Å². The highest BCUT2D eigenvalue weighted by Crippen LogP contribution is 2.28. The highest BCUT2D eigenvalue weighted by Gasteiger charge is 2.27. The number of nitrogens with one attached hydrogen (secondary N) is 1. The molecular weight excluding hydrogens is 328 g/mol. The topological polar surface area (TPSA) is 71.3 Å². The van der Waals surface area contributed by atoms with E-state index in [0.29, 0.717) is 24.8 Å². The predicted octanol–water partition coefficient (Wildman–Crippen LogP) is 4.15. The second-order valence-corrected chi connectivity index (χ2v) is 6.38. The molecule has 4 rings (SSSR count). The fraction of sp³-hybridized carbons (Fsp3) is 0.250. The van der Waals surface area contributed by atoms with Gasteiger partial charge in [0.25, 0.3) is 0 Å². The van der Waals surface area contributed by atoms with Gasteiger partial charge in [-0.2, -0.15) is 4.98 Å². The zero-order valence-corrected chi connectivity index (χ0v) is 14.3. The Labute approximate surface area is 151 Å². The summed E-state index contributed by atoms with van der Waals surface area (Å²) in [6, 6.07) is 19.2. The molecule has 1 aromatic heterocycles. The van der Waals surface area contributed by atoms with Crippen LogP contribution in [-0.4, -0.2) is 34.2 Å². The molecular formula is C20H20N4O2. The standard InChI is InChI=1S/C20H20N4O2/c25-20(21-17-9-5-2-6-10-17)24-13-11-16(12-14-24)19-22-18(23-26-19)15-7-3-1-4-8-15/h1-10,16H,11-14H2,(H,21,25). The van der Waals surface area contributed by atoms with Crippen molar-refractivity contribution in [1.29, 1.82) is 0 Å². The Bertz CT molecular complexity index is 856. The molecule has 6 heteroatoms. The third kappa shape index (κ3) is 3.59. The molecule has 0 radical (unpaired) electrons. The number of para-hydroxylation sites is 1. The molecule has 0 bridgehead atoms. The second-order valence-electron chi connectivity index (χ2n) is 6.38. The van der Waals surface area contributed by atoms with Gasteiger partial charge in [-0.3, -0.25) is 0 Å². The van der Waals surface area contributed by atoms with E-state index < -0.39 is 0 Å². The average Bonchev–Trinajstić information content (AvgIpc) is 3.20. The van der Waals surface area contributed by atoms with Gasteiger partial charge in [0.2, 0.25) is 11.7 Å². The van der Waals surface area contributed by atoms with Crippen LogP contribution in [0.5, 0.6) is 0 Å². The molecule has 0 saturated carbocycles. The Kier molecular flexibility index (Phi) is 4.64. The summed E-state index contributed by atoms with van der Waals surface area (Å²) in [6.07, 6.45) is 1.64. The number of rotatable bonds is 3. The fourth-order valence-electron chi connectivity index (χ4n) is 3.16. The average molecular weight is 348 g/mol. The number of aromatic nitrogens is 2. The summed E-state index contributed by atoms with van der Waals surface area (Å²) in [5.74, 6) is 1.47. The van der Waals surface area contributed by atoms with E-state index >= 15 is 0 Å². The summed E-state index contributed by atoms with van der Waals surface area (Å²) in [4.78, 5) is 18.7. The van der Waals surface area contributed by atoms with Crippen LogP contribution in [0.15, 0.2) is 65.2 Å². The molecule has 0 unspecified atom stereocenters.